The molecule has 2 rings (SSSR count). The van der Waals surface area contributed by atoms with Gasteiger partial charge in [-0.1, -0.05) is 12.8 Å². The second kappa shape index (κ2) is 7.59. The van der Waals surface area contributed by atoms with Crippen LogP contribution in [0.5, 0.6) is 0 Å². The molecule has 1 aromatic heterocycles. The van der Waals surface area contributed by atoms with Crippen molar-refractivity contribution in [1.82, 2.24) is 10.2 Å². The molecule has 0 aliphatic heterocycles. The monoisotopic (exact) mass is 250 g/mol. The number of unbranched alkanes of at least 4 members (excludes halogenated alkanes) is 3. The lowest BCUT2D eigenvalue weighted by atomic mass is 10.2. The molecular weight excluding hydrogens is 224 g/mol. The van der Waals surface area contributed by atoms with E-state index in [4.69, 9.17) is 4.42 Å². The fraction of sp³-hybridized carbons (Fsp3) is 0.733. The smallest absolute Gasteiger partial charge is 0.117 e. The zero-order valence-corrected chi connectivity index (χ0v) is 11.5. The number of nitrogens with zero attached hydrogens (tertiary/aromatic N) is 1. The van der Waals surface area contributed by atoms with E-state index in [1.807, 2.05) is 13.1 Å². The average Bonchev–Trinajstić information content (AvgIpc) is 3.10. The molecule has 0 atom stereocenters. The minimum Gasteiger partial charge on any atom is -0.468 e. The maximum absolute atomic E-state index is 5.45. The van der Waals surface area contributed by atoms with Gasteiger partial charge in [0.2, 0.25) is 0 Å². The summed E-state index contributed by atoms with van der Waals surface area (Å²) in [4.78, 5) is 2.59. The SMILES string of the molecule is CNCCCCCCN(Cc1ccco1)C1CC1. The van der Waals surface area contributed by atoms with Crippen molar-refractivity contribution in [1.29, 1.82) is 0 Å². The van der Waals surface area contributed by atoms with E-state index in [9.17, 15) is 0 Å². The summed E-state index contributed by atoms with van der Waals surface area (Å²) >= 11 is 0. The van der Waals surface area contributed by atoms with Crippen LogP contribution in [0.4, 0.5) is 0 Å². The lowest BCUT2D eigenvalue weighted by Crippen LogP contribution is -2.26. The zero-order chi connectivity index (χ0) is 12.6. The Morgan fingerprint density at radius 1 is 1.28 bits per heavy atom. The first-order valence-electron chi connectivity index (χ1n) is 7.31. The Morgan fingerprint density at radius 2 is 2.11 bits per heavy atom. The Kier molecular flexibility index (Phi) is 5.75. The minimum atomic E-state index is 0.826. The Morgan fingerprint density at radius 3 is 2.78 bits per heavy atom. The van der Waals surface area contributed by atoms with E-state index in [0.29, 0.717) is 0 Å². The molecule has 1 saturated carbocycles. The van der Waals surface area contributed by atoms with E-state index in [-0.39, 0.29) is 0 Å². The molecule has 0 spiro atoms. The van der Waals surface area contributed by atoms with Crippen LogP contribution < -0.4 is 5.32 Å². The fourth-order valence-corrected chi connectivity index (χ4v) is 2.40. The average molecular weight is 250 g/mol. The summed E-state index contributed by atoms with van der Waals surface area (Å²) in [5.41, 5.74) is 0. The highest BCUT2D eigenvalue weighted by molar-refractivity contribution is 4.99. The van der Waals surface area contributed by atoms with Crippen LogP contribution in [-0.2, 0) is 6.54 Å². The number of hydrogen-bond donors (Lipinski definition) is 1. The summed E-state index contributed by atoms with van der Waals surface area (Å²) < 4.78 is 5.45. The van der Waals surface area contributed by atoms with Gasteiger partial charge in [0.1, 0.15) is 5.76 Å². The van der Waals surface area contributed by atoms with Gasteiger partial charge in [0.25, 0.3) is 0 Å². The highest BCUT2D eigenvalue weighted by Gasteiger charge is 2.28. The molecule has 3 heteroatoms. The first-order valence-corrected chi connectivity index (χ1v) is 7.31. The molecule has 18 heavy (non-hydrogen) atoms. The third kappa shape index (κ3) is 4.83. The third-order valence-corrected chi connectivity index (χ3v) is 3.62. The van der Waals surface area contributed by atoms with Crippen LogP contribution in [0.25, 0.3) is 0 Å². The first kappa shape index (κ1) is 13.6. The molecule has 0 unspecified atom stereocenters. The molecule has 0 radical (unpaired) electrons. The van der Waals surface area contributed by atoms with Gasteiger partial charge in [-0.15, -0.1) is 0 Å². The van der Waals surface area contributed by atoms with E-state index in [2.05, 4.69) is 16.3 Å². The Balaban J connectivity index is 1.61. The summed E-state index contributed by atoms with van der Waals surface area (Å²) in [6.07, 6.45) is 9.85. The van der Waals surface area contributed by atoms with E-state index >= 15 is 0 Å². The van der Waals surface area contributed by atoms with Crippen LogP contribution in [0.2, 0.25) is 0 Å². The number of furan rings is 1. The van der Waals surface area contributed by atoms with Gasteiger partial charge in [0.05, 0.1) is 12.8 Å². The van der Waals surface area contributed by atoms with E-state index in [0.717, 1.165) is 24.9 Å². The van der Waals surface area contributed by atoms with Gasteiger partial charge in [0.15, 0.2) is 0 Å². The minimum absolute atomic E-state index is 0.826. The lowest BCUT2D eigenvalue weighted by molar-refractivity contribution is 0.228. The highest BCUT2D eigenvalue weighted by atomic mass is 16.3. The van der Waals surface area contributed by atoms with Crippen molar-refractivity contribution >= 4 is 0 Å². The molecule has 0 bridgehead atoms. The predicted molar refractivity (Wildman–Crippen MR) is 74.5 cm³/mol. The maximum Gasteiger partial charge on any atom is 0.117 e. The van der Waals surface area contributed by atoms with E-state index < -0.39 is 0 Å². The fourth-order valence-electron chi connectivity index (χ4n) is 2.40. The van der Waals surface area contributed by atoms with Gasteiger partial charge >= 0.3 is 0 Å². The van der Waals surface area contributed by atoms with Gasteiger partial charge in [-0.2, -0.15) is 0 Å². The standard InChI is InChI=1S/C15H26N2O/c1-16-10-4-2-3-5-11-17(14-8-9-14)13-15-7-6-12-18-15/h6-7,12,14,16H,2-5,8-11,13H2,1H3. The predicted octanol–water partition coefficient (Wildman–Crippen LogP) is 3.02. The van der Waals surface area contributed by atoms with Crippen molar-refractivity contribution in [2.75, 3.05) is 20.1 Å². The van der Waals surface area contributed by atoms with Crippen molar-refractivity contribution in [3.8, 4) is 0 Å². The van der Waals surface area contributed by atoms with Crippen LogP contribution in [-0.4, -0.2) is 31.1 Å². The second-order valence-corrected chi connectivity index (χ2v) is 5.30. The zero-order valence-electron chi connectivity index (χ0n) is 11.5. The summed E-state index contributed by atoms with van der Waals surface area (Å²) in [5, 5.41) is 3.20. The molecule has 1 N–H and O–H groups in total. The molecule has 0 aromatic carbocycles. The summed E-state index contributed by atoms with van der Waals surface area (Å²) in [7, 11) is 2.03. The third-order valence-electron chi connectivity index (χ3n) is 3.62. The summed E-state index contributed by atoms with van der Waals surface area (Å²) in [5.74, 6) is 1.11. The molecular formula is C15H26N2O. The van der Waals surface area contributed by atoms with Crippen LogP contribution in [0.15, 0.2) is 22.8 Å². The van der Waals surface area contributed by atoms with Crippen molar-refractivity contribution in [3.05, 3.63) is 24.2 Å². The van der Waals surface area contributed by atoms with Crippen LogP contribution >= 0.6 is 0 Å². The highest BCUT2D eigenvalue weighted by Crippen LogP contribution is 2.28. The number of nitrogens with one attached hydrogen (secondary N) is 1. The van der Waals surface area contributed by atoms with Crippen LogP contribution in [0.3, 0.4) is 0 Å². The van der Waals surface area contributed by atoms with Crippen molar-refractivity contribution < 1.29 is 4.42 Å². The molecule has 1 aromatic rings. The Hall–Kier alpha value is -0.800. The second-order valence-electron chi connectivity index (χ2n) is 5.30. The molecule has 102 valence electrons. The first-order chi connectivity index (χ1) is 8.90. The number of rotatable bonds is 10. The van der Waals surface area contributed by atoms with Crippen LogP contribution in [0, 0.1) is 0 Å². The Bertz CT molecular complexity index is 306. The molecule has 1 fully saturated rings. The Labute approximate surface area is 111 Å². The van der Waals surface area contributed by atoms with Crippen LogP contribution in [0.1, 0.15) is 44.3 Å². The summed E-state index contributed by atoms with van der Waals surface area (Å²) in [6.45, 7) is 3.37. The molecule has 1 aliphatic carbocycles. The molecule has 1 aliphatic rings. The normalized spacial score (nSPS) is 15.4. The molecule has 1 heterocycles. The molecule has 3 nitrogen and oxygen atoms in total. The maximum atomic E-state index is 5.45. The molecule has 0 amide bonds. The van der Waals surface area contributed by atoms with Crippen molar-refractivity contribution in [2.45, 2.75) is 51.1 Å². The quantitative estimate of drug-likeness (QED) is 0.647. The van der Waals surface area contributed by atoms with Gasteiger partial charge in [-0.3, -0.25) is 4.90 Å². The van der Waals surface area contributed by atoms with E-state index in [1.165, 1.54) is 45.1 Å². The van der Waals surface area contributed by atoms with Gasteiger partial charge in [-0.25, -0.2) is 0 Å². The van der Waals surface area contributed by atoms with Gasteiger partial charge in [0, 0.05) is 6.04 Å². The largest absolute Gasteiger partial charge is 0.468 e. The van der Waals surface area contributed by atoms with Gasteiger partial charge < -0.3 is 9.73 Å². The number of hydrogen-bond acceptors (Lipinski definition) is 3. The van der Waals surface area contributed by atoms with Gasteiger partial charge in [-0.05, 0) is 58.0 Å². The molecule has 0 saturated heterocycles. The van der Waals surface area contributed by atoms with Crippen molar-refractivity contribution in [3.63, 3.8) is 0 Å². The lowest BCUT2D eigenvalue weighted by Gasteiger charge is -2.20. The van der Waals surface area contributed by atoms with Crippen molar-refractivity contribution in [2.24, 2.45) is 0 Å². The summed E-state index contributed by atoms with van der Waals surface area (Å²) in [6, 6.07) is 4.90. The topological polar surface area (TPSA) is 28.4 Å². The van der Waals surface area contributed by atoms with E-state index in [1.54, 1.807) is 6.26 Å².